The van der Waals surface area contributed by atoms with Crippen molar-refractivity contribution in [3.8, 4) is 0 Å². The van der Waals surface area contributed by atoms with Gasteiger partial charge in [-0.2, -0.15) is 5.10 Å². The number of hydrogen-bond donors (Lipinski definition) is 1. The molecule has 0 atom stereocenters. The molecular weight excluding hydrogens is 242 g/mol. The summed E-state index contributed by atoms with van der Waals surface area (Å²) >= 11 is 3.59. The molecule has 0 saturated carbocycles. The molecule has 80 valence electrons. The summed E-state index contributed by atoms with van der Waals surface area (Å²) in [4.78, 5) is 0. The maximum Gasteiger partial charge on any atom is 0.0772 e. The van der Waals surface area contributed by atoms with E-state index in [2.05, 4.69) is 34.9 Å². The molecule has 0 fully saturated rings. The number of nitrogens with two attached hydrogens (primary N) is 1. The van der Waals surface area contributed by atoms with Crippen LogP contribution >= 0.6 is 15.9 Å². The Kier molecular flexibility index (Phi) is 4.13. The second-order valence-corrected chi connectivity index (χ2v) is 4.76. The van der Waals surface area contributed by atoms with Crippen LogP contribution in [-0.4, -0.2) is 16.3 Å². The number of nitrogens with zero attached hydrogens (tertiary/aromatic N) is 2. The quantitative estimate of drug-likeness (QED) is 0.898. The highest BCUT2D eigenvalue weighted by molar-refractivity contribution is 9.10. The molecule has 3 nitrogen and oxygen atoms in total. The molecule has 4 heteroatoms. The van der Waals surface area contributed by atoms with Crippen molar-refractivity contribution < 1.29 is 0 Å². The predicted octanol–water partition coefficient (Wildman–Crippen LogP) is 1.88. The van der Waals surface area contributed by atoms with Crippen LogP contribution in [0.2, 0.25) is 0 Å². The second kappa shape index (κ2) is 4.94. The zero-order valence-electron chi connectivity index (χ0n) is 9.05. The van der Waals surface area contributed by atoms with Gasteiger partial charge < -0.3 is 5.73 Å². The molecule has 0 amide bonds. The predicted molar refractivity (Wildman–Crippen MR) is 62.2 cm³/mol. The Bertz CT molecular complexity index is 305. The molecule has 1 aromatic rings. The van der Waals surface area contributed by atoms with E-state index < -0.39 is 0 Å². The van der Waals surface area contributed by atoms with Gasteiger partial charge in [0.2, 0.25) is 0 Å². The Morgan fingerprint density at radius 3 is 2.64 bits per heavy atom. The summed E-state index contributed by atoms with van der Waals surface area (Å²) in [5.41, 5.74) is 7.89. The van der Waals surface area contributed by atoms with Crippen LogP contribution < -0.4 is 5.73 Å². The van der Waals surface area contributed by atoms with E-state index in [-0.39, 0.29) is 0 Å². The van der Waals surface area contributed by atoms with Crippen molar-refractivity contribution in [2.45, 2.75) is 26.7 Å². The van der Waals surface area contributed by atoms with Gasteiger partial charge in [-0.3, -0.25) is 4.68 Å². The van der Waals surface area contributed by atoms with Gasteiger partial charge >= 0.3 is 0 Å². The molecule has 1 heterocycles. The van der Waals surface area contributed by atoms with E-state index in [0.717, 1.165) is 23.0 Å². The molecule has 0 bridgehead atoms. The molecular formula is C10H18BrN3. The SMILES string of the molecule is CC(C)Cc1nn(C)c(CCN)c1Br. The third-order valence-corrected chi connectivity index (χ3v) is 3.07. The minimum atomic E-state index is 0.631. The Morgan fingerprint density at radius 2 is 2.14 bits per heavy atom. The standard InChI is InChI=1S/C10H18BrN3/c1-7(2)6-8-10(11)9(4-5-12)14(3)13-8/h7H,4-6,12H2,1-3H3. The highest BCUT2D eigenvalue weighted by Crippen LogP contribution is 2.23. The molecule has 0 spiro atoms. The van der Waals surface area contributed by atoms with E-state index >= 15 is 0 Å². The average molecular weight is 260 g/mol. The largest absolute Gasteiger partial charge is 0.330 e. The van der Waals surface area contributed by atoms with Crippen molar-refractivity contribution in [2.24, 2.45) is 18.7 Å². The fourth-order valence-electron chi connectivity index (χ4n) is 1.52. The van der Waals surface area contributed by atoms with Gasteiger partial charge in [0.15, 0.2) is 0 Å². The number of aryl methyl sites for hydroxylation is 1. The highest BCUT2D eigenvalue weighted by Gasteiger charge is 2.13. The van der Waals surface area contributed by atoms with Crippen molar-refractivity contribution in [2.75, 3.05) is 6.54 Å². The fraction of sp³-hybridized carbons (Fsp3) is 0.700. The maximum absolute atomic E-state index is 5.55. The van der Waals surface area contributed by atoms with Crippen LogP contribution in [0.4, 0.5) is 0 Å². The molecule has 0 aliphatic heterocycles. The Labute approximate surface area is 93.8 Å². The lowest BCUT2D eigenvalue weighted by Gasteiger charge is -2.01. The molecule has 14 heavy (non-hydrogen) atoms. The summed E-state index contributed by atoms with van der Waals surface area (Å²) < 4.78 is 3.06. The van der Waals surface area contributed by atoms with Crippen molar-refractivity contribution in [3.05, 3.63) is 15.9 Å². The van der Waals surface area contributed by atoms with Crippen molar-refractivity contribution in [1.82, 2.24) is 9.78 Å². The second-order valence-electron chi connectivity index (χ2n) is 3.97. The highest BCUT2D eigenvalue weighted by atomic mass is 79.9. The number of rotatable bonds is 4. The Hall–Kier alpha value is -0.350. The van der Waals surface area contributed by atoms with Crippen LogP contribution in [0.3, 0.4) is 0 Å². The van der Waals surface area contributed by atoms with Gasteiger partial charge in [0.1, 0.15) is 0 Å². The molecule has 0 unspecified atom stereocenters. The van der Waals surface area contributed by atoms with Crippen LogP contribution in [0.15, 0.2) is 4.47 Å². The van der Waals surface area contributed by atoms with Gasteiger partial charge in [-0.25, -0.2) is 0 Å². The van der Waals surface area contributed by atoms with E-state index in [1.807, 2.05) is 11.7 Å². The number of aromatic nitrogens is 2. The summed E-state index contributed by atoms with van der Waals surface area (Å²) in [6, 6.07) is 0. The van der Waals surface area contributed by atoms with Gasteiger partial charge in [0.25, 0.3) is 0 Å². The van der Waals surface area contributed by atoms with E-state index in [1.54, 1.807) is 0 Å². The Morgan fingerprint density at radius 1 is 1.50 bits per heavy atom. The van der Waals surface area contributed by atoms with Gasteiger partial charge in [-0.15, -0.1) is 0 Å². The molecule has 2 N–H and O–H groups in total. The summed E-state index contributed by atoms with van der Waals surface area (Å²) in [6.45, 7) is 5.06. The van der Waals surface area contributed by atoms with Crippen LogP contribution in [0.1, 0.15) is 25.2 Å². The lowest BCUT2D eigenvalue weighted by molar-refractivity contribution is 0.616. The molecule has 0 aliphatic rings. The van der Waals surface area contributed by atoms with Crippen LogP contribution in [0.5, 0.6) is 0 Å². The minimum Gasteiger partial charge on any atom is -0.330 e. The summed E-state index contributed by atoms with van der Waals surface area (Å²) in [6.07, 6.45) is 1.89. The van der Waals surface area contributed by atoms with Gasteiger partial charge in [-0.05, 0) is 34.8 Å². The van der Waals surface area contributed by atoms with Crippen LogP contribution in [0, 0.1) is 5.92 Å². The molecule has 0 saturated heterocycles. The monoisotopic (exact) mass is 259 g/mol. The van der Waals surface area contributed by atoms with Gasteiger partial charge in [0, 0.05) is 13.5 Å². The minimum absolute atomic E-state index is 0.631. The van der Waals surface area contributed by atoms with Crippen molar-refractivity contribution in [3.63, 3.8) is 0 Å². The molecule has 0 radical (unpaired) electrons. The lowest BCUT2D eigenvalue weighted by Crippen LogP contribution is -2.07. The normalized spacial score (nSPS) is 11.3. The van der Waals surface area contributed by atoms with Crippen molar-refractivity contribution in [1.29, 1.82) is 0 Å². The van der Waals surface area contributed by atoms with Gasteiger partial charge in [0.05, 0.1) is 15.9 Å². The third kappa shape index (κ3) is 2.58. The first kappa shape index (κ1) is 11.7. The zero-order chi connectivity index (χ0) is 10.7. The number of hydrogen-bond acceptors (Lipinski definition) is 2. The molecule has 0 aromatic carbocycles. The summed E-state index contributed by atoms with van der Waals surface area (Å²) in [7, 11) is 1.97. The summed E-state index contributed by atoms with van der Waals surface area (Å²) in [5.74, 6) is 0.631. The zero-order valence-corrected chi connectivity index (χ0v) is 10.6. The van der Waals surface area contributed by atoms with E-state index in [9.17, 15) is 0 Å². The first-order chi connectivity index (χ1) is 6.56. The van der Waals surface area contributed by atoms with Crippen LogP contribution in [-0.2, 0) is 19.9 Å². The van der Waals surface area contributed by atoms with Crippen LogP contribution in [0.25, 0.3) is 0 Å². The average Bonchev–Trinajstić information content (AvgIpc) is 2.32. The molecule has 0 aliphatic carbocycles. The number of halogens is 1. The first-order valence-corrected chi connectivity index (χ1v) is 5.75. The fourth-order valence-corrected chi connectivity index (χ4v) is 2.22. The topological polar surface area (TPSA) is 43.8 Å². The van der Waals surface area contributed by atoms with E-state index in [0.29, 0.717) is 12.5 Å². The van der Waals surface area contributed by atoms with E-state index in [4.69, 9.17) is 5.73 Å². The molecule has 1 rings (SSSR count). The first-order valence-electron chi connectivity index (χ1n) is 4.96. The lowest BCUT2D eigenvalue weighted by atomic mass is 10.1. The van der Waals surface area contributed by atoms with E-state index in [1.165, 1.54) is 5.69 Å². The Balaban J connectivity index is 2.92. The smallest absolute Gasteiger partial charge is 0.0772 e. The van der Waals surface area contributed by atoms with Crippen molar-refractivity contribution >= 4 is 15.9 Å². The molecule has 1 aromatic heterocycles. The third-order valence-electron chi connectivity index (χ3n) is 2.15. The summed E-state index contributed by atoms with van der Waals surface area (Å²) in [5, 5.41) is 4.48. The maximum atomic E-state index is 5.55. The van der Waals surface area contributed by atoms with Gasteiger partial charge in [-0.1, -0.05) is 13.8 Å².